The van der Waals surface area contributed by atoms with Crippen molar-refractivity contribution >= 4 is 23.9 Å². The molecule has 252 valence electrons. The van der Waals surface area contributed by atoms with Crippen molar-refractivity contribution in [1.82, 2.24) is 0 Å². The molecule has 1 saturated carbocycles. The van der Waals surface area contributed by atoms with E-state index < -0.39 is 53.0 Å². The van der Waals surface area contributed by atoms with Crippen molar-refractivity contribution in [3.63, 3.8) is 0 Å². The van der Waals surface area contributed by atoms with Gasteiger partial charge in [-0.25, -0.2) is 0 Å². The van der Waals surface area contributed by atoms with E-state index in [-0.39, 0.29) is 35.0 Å². The highest BCUT2D eigenvalue weighted by Gasteiger charge is 2.70. The lowest BCUT2D eigenvalue weighted by atomic mass is 9.66. The molecule has 0 N–H and O–H groups in total. The normalized spacial score (nSPS) is 18.2. The van der Waals surface area contributed by atoms with Gasteiger partial charge in [0.15, 0.2) is 11.3 Å². The molecule has 3 rings (SSSR count). The van der Waals surface area contributed by atoms with Crippen LogP contribution in [0.1, 0.15) is 29.4 Å². The van der Waals surface area contributed by atoms with Gasteiger partial charge in [0.1, 0.15) is 34.5 Å². The maximum absolute atomic E-state index is 14.1. The Morgan fingerprint density at radius 2 is 0.935 bits per heavy atom. The zero-order valence-electron chi connectivity index (χ0n) is 27.5. The van der Waals surface area contributed by atoms with Crippen molar-refractivity contribution < 1.29 is 66.5 Å². The smallest absolute Gasteiger partial charge is 0.323 e. The van der Waals surface area contributed by atoms with Gasteiger partial charge in [-0.15, -0.1) is 0 Å². The first-order valence-electron chi connectivity index (χ1n) is 14.0. The van der Waals surface area contributed by atoms with Crippen molar-refractivity contribution in [1.29, 1.82) is 0 Å². The lowest BCUT2D eigenvalue weighted by molar-refractivity contribution is -0.178. The van der Waals surface area contributed by atoms with Crippen LogP contribution in [0.4, 0.5) is 0 Å². The van der Waals surface area contributed by atoms with Crippen molar-refractivity contribution in [2.45, 2.75) is 18.3 Å². The standard InChI is InChI=1S/C32H40O14/c1-37-16-11-19(39-3)23(20(12-16)40-4)18-15-32(30(35)45-9,31(36)46-10)27(26(28(33)43-7)29(34)44-8)24(18)25-21(41-5)13-17(38-2)14-22(25)42-6/h11-14,18,24,26-27H,15H2,1-10H3/t18-,24+,27-/m0/s1. The molecule has 0 unspecified atom stereocenters. The summed E-state index contributed by atoms with van der Waals surface area (Å²) in [4.78, 5) is 55.3. The van der Waals surface area contributed by atoms with E-state index in [1.165, 1.54) is 42.7 Å². The summed E-state index contributed by atoms with van der Waals surface area (Å²) in [6, 6.07) is 6.33. The fraction of sp³-hybridized carbons (Fsp3) is 0.500. The topological polar surface area (TPSA) is 161 Å². The average Bonchev–Trinajstić information content (AvgIpc) is 3.44. The molecular formula is C32H40O14. The summed E-state index contributed by atoms with van der Waals surface area (Å²) in [5.74, 6) is -8.13. The highest BCUT2D eigenvalue weighted by atomic mass is 16.6. The van der Waals surface area contributed by atoms with Gasteiger partial charge in [-0.1, -0.05) is 0 Å². The molecule has 0 saturated heterocycles. The van der Waals surface area contributed by atoms with Crippen LogP contribution in [0.3, 0.4) is 0 Å². The highest BCUT2D eigenvalue weighted by molar-refractivity contribution is 6.04. The third kappa shape index (κ3) is 5.90. The Bertz CT molecular complexity index is 1370. The fourth-order valence-electron chi connectivity index (χ4n) is 6.61. The Balaban J connectivity index is 2.70. The Labute approximate surface area is 267 Å². The minimum Gasteiger partial charge on any atom is -0.496 e. The number of esters is 4. The number of hydrogen-bond acceptors (Lipinski definition) is 14. The molecule has 46 heavy (non-hydrogen) atoms. The van der Waals surface area contributed by atoms with Crippen LogP contribution >= 0.6 is 0 Å². The van der Waals surface area contributed by atoms with Gasteiger partial charge in [0.05, 0.1) is 71.1 Å². The predicted molar refractivity (Wildman–Crippen MR) is 160 cm³/mol. The second-order valence-corrected chi connectivity index (χ2v) is 10.2. The van der Waals surface area contributed by atoms with Gasteiger partial charge < -0.3 is 47.4 Å². The van der Waals surface area contributed by atoms with Crippen molar-refractivity contribution in [3.05, 3.63) is 35.4 Å². The van der Waals surface area contributed by atoms with E-state index in [9.17, 15) is 19.2 Å². The molecule has 1 aliphatic carbocycles. The summed E-state index contributed by atoms with van der Waals surface area (Å²) in [6.45, 7) is 0. The first-order valence-corrected chi connectivity index (χ1v) is 14.0. The maximum atomic E-state index is 14.1. The number of ether oxygens (including phenoxy) is 10. The maximum Gasteiger partial charge on any atom is 0.323 e. The number of carbonyl (C=O) groups excluding carboxylic acids is 4. The van der Waals surface area contributed by atoms with E-state index in [2.05, 4.69) is 0 Å². The SMILES string of the molecule is COC(=O)C(C(=O)OC)[C@@H]1[C@@H](c2c(OC)cc(OC)cc2OC)[C@H](c2c(OC)cc(OC)cc2OC)CC1(C(=O)OC)C(=O)OC. The lowest BCUT2D eigenvalue weighted by Gasteiger charge is -2.36. The number of benzene rings is 2. The molecular weight excluding hydrogens is 608 g/mol. The summed E-state index contributed by atoms with van der Waals surface area (Å²) >= 11 is 0. The zero-order chi connectivity index (χ0) is 34.3. The minimum atomic E-state index is -2.29. The quantitative estimate of drug-likeness (QED) is 0.177. The van der Waals surface area contributed by atoms with Gasteiger partial charge in [-0.2, -0.15) is 0 Å². The van der Waals surface area contributed by atoms with Crippen LogP contribution in [-0.4, -0.2) is 95.0 Å². The monoisotopic (exact) mass is 648 g/mol. The van der Waals surface area contributed by atoms with Gasteiger partial charge in [0.2, 0.25) is 0 Å². The number of carbonyl (C=O) groups is 4. The summed E-state index contributed by atoms with van der Waals surface area (Å²) in [5.41, 5.74) is -1.63. The molecule has 3 atom stereocenters. The van der Waals surface area contributed by atoms with Gasteiger partial charge in [0, 0.05) is 53.1 Å². The Morgan fingerprint density at radius 3 is 1.24 bits per heavy atom. The highest BCUT2D eigenvalue weighted by Crippen LogP contribution is 2.67. The number of methoxy groups -OCH3 is 10. The molecule has 0 amide bonds. The average molecular weight is 649 g/mol. The van der Waals surface area contributed by atoms with Crippen LogP contribution in [0, 0.1) is 17.3 Å². The largest absolute Gasteiger partial charge is 0.496 e. The van der Waals surface area contributed by atoms with Crippen LogP contribution in [0.25, 0.3) is 0 Å². The van der Waals surface area contributed by atoms with E-state index in [1.54, 1.807) is 24.3 Å². The lowest BCUT2D eigenvalue weighted by Crippen LogP contribution is -2.51. The molecule has 0 aromatic heterocycles. The molecule has 2 aromatic rings. The summed E-state index contributed by atoms with van der Waals surface area (Å²) in [5, 5.41) is 0. The molecule has 0 aliphatic heterocycles. The van der Waals surface area contributed by atoms with E-state index in [1.807, 2.05) is 0 Å². The Hall–Kier alpha value is -4.88. The first kappa shape index (κ1) is 35.6. The summed E-state index contributed by atoms with van der Waals surface area (Å²) in [7, 11) is 12.9. The van der Waals surface area contributed by atoms with Crippen LogP contribution in [0.2, 0.25) is 0 Å². The van der Waals surface area contributed by atoms with Gasteiger partial charge >= 0.3 is 23.9 Å². The van der Waals surface area contributed by atoms with Crippen molar-refractivity contribution in [3.8, 4) is 34.5 Å². The molecule has 0 radical (unpaired) electrons. The summed E-state index contributed by atoms with van der Waals surface area (Å²) in [6.07, 6.45) is -0.358. The van der Waals surface area contributed by atoms with Gasteiger partial charge in [-0.3, -0.25) is 19.2 Å². The Morgan fingerprint density at radius 1 is 0.565 bits per heavy atom. The van der Waals surface area contributed by atoms with E-state index in [4.69, 9.17) is 47.4 Å². The van der Waals surface area contributed by atoms with Crippen molar-refractivity contribution in [2.75, 3.05) is 71.1 Å². The van der Waals surface area contributed by atoms with Crippen LogP contribution in [-0.2, 0) is 38.1 Å². The third-order valence-corrected chi connectivity index (χ3v) is 8.51. The fourth-order valence-corrected chi connectivity index (χ4v) is 6.61. The molecule has 0 bridgehead atoms. The zero-order valence-corrected chi connectivity index (χ0v) is 27.5. The first-order chi connectivity index (χ1) is 22.0. The second kappa shape index (κ2) is 14.9. The Kier molecular flexibility index (Phi) is 11.6. The molecule has 14 heteroatoms. The number of hydrogen-bond donors (Lipinski definition) is 0. The molecule has 1 fully saturated rings. The van der Waals surface area contributed by atoms with E-state index in [0.717, 1.165) is 28.4 Å². The van der Waals surface area contributed by atoms with E-state index in [0.29, 0.717) is 17.1 Å². The molecule has 14 nitrogen and oxygen atoms in total. The van der Waals surface area contributed by atoms with Gasteiger partial charge in [-0.05, 0) is 6.42 Å². The minimum absolute atomic E-state index is 0.196. The van der Waals surface area contributed by atoms with Crippen molar-refractivity contribution in [2.24, 2.45) is 17.3 Å². The second-order valence-electron chi connectivity index (χ2n) is 10.2. The number of rotatable bonds is 13. The molecule has 1 aliphatic rings. The molecule has 2 aromatic carbocycles. The molecule has 0 heterocycles. The molecule has 0 spiro atoms. The van der Waals surface area contributed by atoms with E-state index >= 15 is 0 Å². The van der Waals surface area contributed by atoms with Gasteiger partial charge in [0.25, 0.3) is 0 Å². The van der Waals surface area contributed by atoms with Crippen LogP contribution in [0.15, 0.2) is 24.3 Å². The predicted octanol–water partition coefficient (Wildman–Crippen LogP) is 2.92. The third-order valence-electron chi connectivity index (χ3n) is 8.51. The van der Waals surface area contributed by atoms with Crippen LogP contribution < -0.4 is 28.4 Å². The van der Waals surface area contributed by atoms with Crippen LogP contribution in [0.5, 0.6) is 34.5 Å². The summed E-state index contributed by atoms with van der Waals surface area (Å²) < 4.78 is 54.7.